The quantitative estimate of drug-likeness (QED) is 0.811. The molecular formula is C15H29N3O3. The highest BCUT2D eigenvalue weighted by atomic mass is 16.4. The van der Waals surface area contributed by atoms with E-state index in [9.17, 15) is 9.59 Å². The van der Waals surface area contributed by atoms with Gasteiger partial charge in [-0.25, -0.2) is 4.79 Å². The van der Waals surface area contributed by atoms with Gasteiger partial charge in [0, 0.05) is 38.8 Å². The van der Waals surface area contributed by atoms with E-state index >= 15 is 0 Å². The Labute approximate surface area is 127 Å². The van der Waals surface area contributed by atoms with Crippen LogP contribution in [0.5, 0.6) is 0 Å². The fraction of sp³-hybridized carbons (Fsp3) is 0.867. The molecule has 1 rings (SSSR count). The summed E-state index contributed by atoms with van der Waals surface area (Å²) in [7, 11) is 1.84. The average Bonchev–Trinajstić information content (AvgIpc) is 2.45. The van der Waals surface area contributed by atoms with E-state index in [1.807, 2.05) is 20.9 Å². The summed E-state index contributed by atoms with van der Waals surface area (Å²) in [5.74, 6) is -0.868. The number of hydrogen-bond donors (Lipinski definition) is 1. The van der Waals surface area contributed by atoms with E-state index in [2.05, 4.69) is 11.8 Å². The molecule has 0 bridgehead atoms. The summed E-state index contributed by atoms with van der Waals surface area (Å²) in [6, 6.07) is 0.211. The number of carbonyl (C=O) groups excluding carboxylic acids is 1. The van der Waals surface area contributed by atoms with Crippen LogP contribution in [-0.4, -0.2) is 77.1 Å². The molecule has 21 heavy (non-hydrogen) atoms. The van der Waals surface area contributed by atoms with Gasteiger partial charge in [0.15, 0.2) is 0 Å². The minimum absolute atomic E-state index is 0.00790. The molecule has 2 amide bonds. The van der Waals surface area contributed by atoms with Gasteiger partial charge in [-0.15, -0.1) is 0 Å². The molecule has 0 aromatic heterocycles. The van der Waals surface area contributed by atoms with Crippen molar-refractivity contribution in [3.8, 4) is 0 Å². The first-order chi connectivity index (χ1) is 9.86. The molecule has 0 saturated carbocycles. The van der Waals surface area contributed by atoms with Crippen LogP contribution in [0.4, 0.5) is 4.79 Å². The molecule has 6 heteroatoms. The Hall–Kier alpha value is -1.30. The first-order valence-corrected chi connectivity index (χ1v) is 7.84. The van der Waals surface area contributed by atoms with Crippen LogP contribution in [0.3, 0.4) is 0 Å². The standard InChI is InChI=1S/C15H29N3O3/c1-5-17-9-6-13(7-10-17)16(4)15(21)18(12(2)3)11-8-14(19)20/h12-13H,5-11H2,1-4H3,(H,19,20). The molecular weight excluding hydrogens is 270 g/mol. The predicted octanol–water partition coefficient (Wildman–Crippen LogP) is 1.71. The number of nitrogens with zero attached hydrogens (tertiary/aromatic N) is 3. The van der Waals surface area contributed by atoms with Gasteiger partial charge in [-0.2, -0.15) is 0 Å². The van der Waals surface area contributed by atoms with Crippen LogP contribution in [0.1, 0.15) is 40.0 Å². The second-order valence-electron chi connectivity index (χ2n) is 5.99. The molecule has 0 unspecified atom stereocenters. The minimum atomic E-state index is -0.868. The lowest BCUT2D eigenvalue weighted by atomic mass is 10.0. The molecule has 6 nitrogen and oxygen atoms in total. The first-order valence-electron chi connectivity index (χ1n) is 7.84. The van der Waals surface area contributed by atoms with Crippen molar-refractivity contribution in [3.63, 3.8) is 0 Å². The Kier molecular flexibility index (Phi) is 6.95. The van der Waals surface area contributed by atoms with E-state index in [1.165, 1.54) is 0 Å². The van der Waals surface area contributed by atoms with Gasteiger partial charge in [-0.05, 0) is 33.2 Å². The van der Waals surface area contributed by atoms with Crippen molar-refractivity contribution < 1.29 is 14.7 Å². The highest BCUT2D eigenvalue weighted by Crippen LogP contribution is 2.17. The first kappa shape index (κ1) is 17.8. The Morgan fingerprint density at radius 2 is 1.86 bits per heavy atom. The number of carboxylic acid groups (broad SMARTS) is 1. The number of rotatable bonds is 6. The maximum atomic E-state index is 12.6. The van der Waals surface area contributed by atoms with Crippen molar-refractivity contribution in [2.75, 3.05) is 33.2 Å². The third kappa shape index (κ3) is 5.19. The van der Waals surface area contributed by atoms with Gasteiger partial charge < -0.3 is 19.8 Å². The molecule has 1 N–H and O–H groups in total. The molecule has 0 radical (unpaired) electrons. The van der Waals surface area contributed by atoms with Gasteiger partial charge in [0.25, 0.3) is 0 Å². The Bertz CT molecular complexity index is 352. The smallest absolute Gasteiger partial charge is 0.320 e. The monoisotopic (exact) mass is 299 g/mol. The topological polar surface area (TPSA) is 64.1 Å². The molecule has 1 heterocycles. The zero-order valence-corrected chi connectivity index (χ0v) is 13.7. The van der Waals surface area contributed by atoms with E-state index in [-0.39, 0.29) is 31.1 Å². The van der Waals surface area contributed by atoms with Crippen molar-refractivity contribution in [2.45, 2.75) is 52.1 Å². The molecule has 1 fully saturated rings. The predicted molar refractivity (Wildman–Crippen MR) is 82.4 cm³/mol. The lowest BCUT2D eigenvalue weighted by molar-refractivity contribution is -0.137. The molecule has 0 aromatic rings. The van der Waals surface area contributed by atoms with E-state index in [4.69, 9.17) is 5.11 Å². The Balaban J connectivity index is 2.59. The summed E-state index contributed by atoms with van der Waals surface area (Å²) in [5.41, 5.74) is 0. The largest absolute Gasteiger partial charge is 0.481 e. The maximum absolute atomic E-state index is 12.6. The summed E-state index contributed by atoms with van der Waals surface area (Å²) < 4.78 is 0. The second kappa shape index (κ2) is 8.22. The van der Waals surface area contributed by atoms with Crippen LogP contribution >= 0.6 is 0 Å². The normalized spacial score (nSPS) is 17.0. The Morgan fingerprint density at radius 3 is 2.29 bits per heavy atom. The van der Waals surface area contributed by atoms with Crippen molar-refractivity contribution in [3.05, 3.63) is 0 Å². The fourth-order valence-electron chi connectivity index (χ4n) is 2.77. The number of carboxylic acids is 1. The molecule has 0 aromatic carbocycles. The number of amides is 2. The lowest BCUT2D eigenvalue weighted by Crippen LogP contribution is -2.52. The van der Waals surface area contributed by atoms with E-state index in [1.54, 1.807) is 9.80 Å². The average molecular weight is 299 g/mol. The van der Waals surface area contributed by atoms with Crippen LogP contribution in [0.2, 0.25) is 0 Å². The molecule has 1 aliphatic rings. The van der Waals surface area contributed by atoms with Gasteiger partial charge in [0.05, 0.1) is 6.42 Å². The lowest BCUT2D eigenvalue weighted by Gasteiger charge is -2.39. The van der Waals surface area contributed by atoms with Crippen LogP contribution < -0.4 is 0 Å². The molecule has 0 spiro atoms. The Morgan fingerprint density at radius 1 is 1.29 bits per heavy atom. The summed E-state index contributed by atoms with van der Waals surface area (Å²) in [6.07, 6.45) is 1.97. The maximum Gasteiger partial charge on any atom is 0.320 e. The minimum Gasteiger partial charge on any atom is -0.481 e. The third-order valence-corrected chi connectivity index (χ3v) is 4.29. The van der Waals surface area contributed by atoms with E-state index < -0.39 is 5.97 Å². The van der Waals surface area contributed by atoms with Crippen LogP contribution in [0.15, 0.2) is 0 Å². The van der Waals surface area contributed by atoms with Crippen LogP contribution in [0.25, 0.3) is 0 Å². The summed E-state index contributed by atoms with van der Waals surface area (Å²) in [5, 5.41) is 8.81. The zero-order chi connectivity index (χ0) is 16.0. The van der Waals surface area contributed by atoms with Crippen LogP contribution in [-0.2, 0) is 4.79 Å². The summed E-state index contributed by atoms with van der Waals surface area (Å²) in [6.45, 7) is 9.37. The van der Waals surface area contributed by atoms with Gasteiger partial charge in [-0.1, -0.05) is 6.92 Å². The highest BCUT2D eigenvalue weighted by molar-refractivity contribution is 5.76. The highest BCUT2D eigenvalue weighted by Gasteiger charge is 2.28. The number of likely N-dealkylation sites (tertiary alicyclic amines) is 1. The van der Waals surface area contributed by atoms with Gasteiger partial charge >= 0.3 is 12.0 Å². The van der Waals surface area contributed by atoms with Crippen LogP contribution in [0, 0.1) is 0 Å². The number of aliphatic carboxylic acids is 1. The number of urea groups is 1. The summed E-state index contributed by atoms with van der Waals surface area (Å²) >= 11 is 0. The van der Waals surface area contributed by atoms with Crippen molar-refractivity contribution in [1.29, 1.82) is 0 Å². The number of hydrogen-bond acceptors (Lipinski definition) is 3. The second-order valence-corrected chi connectivity index (χ2v) is 5.99. The van der Waals surface area contributed by atoms with Crippen molar-refractivity contribution >= 4 is 12.0 Å². The molecule has 1 saturated heterocycles. The molecule has 0 atom stereocenters. The molecule has 122 valence electrons. The SMILES string of the molecule is CCN1CCC(N(C)C(=O)N(CCC(=O)O)C(C)C)CC1. The summed E-state index contributed by atoms with van der Waals surface area (Å²) in [4.78, 5) is 29.2. The molecule has 0 aliphatic carbocycles. The van der Waals surface area contributed by atoms with Crippen molar-refractivity contribution in [2.24, 2.45) is 0 Å². The zero-order valence-electron chi connectivity index (χ0n) is 13.7. The van der Waals surface area contributed by atoms with E-state index in [0.29, 0.717) is 0 Å². The number of piperidine rings is 1. The third-order valence-electron chi connectivity index (χ3n) is 4.29. The van der Waals surface area contributed by atoms with E-state index in [0.717, 1.165) is 32.5 Å². The number of carbonyl (C=O) groups is 2. The fourth-order valence-corrected chi connectivity index (χ4v) is 2.77. The van der Waals surface area contributed by atoms with Gasteiger partial charge in [-0.3, -0.25) is 4.79 Å². The van der Waals surface area contributed by atoms with Gasteiger partial charge in [0.1, 0.15) is 0 Å². The van der Waals surface area contributed by atoms with Crippen molar-refractivity contribution in [1.82, 2.24) is 14.7 Å². The van der Waals surface area contributed by atoms with Gasteiger partial charge in [0.2, 0.25) is 0 Å². The molecule has 1 aliphatic heterocycles.